The first kappa shape index (κ1) is 15.5. The molecule has 0 atom stereocenters. The molecule has 0 radical (unpaired) electrons. The fraction of sp³-hybridized carbons (Fsp3) is 0.429. The summed E-state index contributed by atoms with van der Waals surface area (Å²) in [6.45, 7) is 7.48. The van der Waals surface area contributed by atoms with Gasteiger partial charge in [-0.15, -0.1) is 0 Å². The highest BCUT2D eigenvalue weighted by Gasteiger charge is 2.53. The van der Waals surface area contributed by atoms with Gasteiger partial charge >= 0.3 is 7.12 Å². The minimum atomic E-state index is -1.05. The summed E-state index contributed by atoms with van der Waals surface area (Å²) in [6.07, 6.45) is 4.41. The van der Waals surface area contributed by atoms with E-state index in [0.717, 1.165) is 0 Å². The first-order valence-corrected chi connectivity index (χ1v) is 7.29. The lowest BCUT2D eigenvalue weighted by Crippen LogP contribution is -2.41. The lowest BCUT2D eigenvalue weighted by atomic mass is 9.87. The molecule has 116 valence electrons. The van der Waals surface area contributed by atoms with E-state index in [1.54, 1.807) is 6.20 Å². The molecule has 2 aromatic heterocycles. The summed E-state index contributed by atoms with van der Waals surface area (Å²) in [7, 11) is -1.05. The Morgan fingerprint density at radius 2 is 1.91 bits per heavy atom. The summed E-state index contributed by atoms with van der Waals surface area (Å²) >= 11 is 5.96. The number of hydrogen-bond donors (Lipinski definition) is 1. The Labute approximate surface area is 133 Å². The van der Waals surface area contributed by atoms with Gasteiger partial charge in [-0.25, -0.2) is 4.39 Å². The lowest BCUT2D eigenvalue weighted by Gasteiger charge is -2.32. The van der Waals surface area contributed by atoms with E-state index < -0.39 is 24.0 Å². The third-order valence-electron chi connectivity index (χ3n) is 4.22. The van der Waals surface area contributed by atoms with Gasteiger partial charge in [0.1, 0.15) is 16.4 Å². The molecule has 3 rings (SSSR count). The van der Waals surface area contributed by atoms with Crippen LogP contribution in [0.4, 0.5) is 4.39 Å². The van der Waals surface area contributed by atoms with Crippen LogP contribution in [0.1, 0.15) is 33.3 Å². The molecule has 2 aromatic rings. The average Bonchev–Trinajstić information content (AvgIpc) is 2.89. The first-order chi connectivity index (χ1) is 10.2. The number of aromatic amines is 1. The van der Waals surface area contributed by atoms with Crippen LogP contribution in [-0.2, 0) is 9.31 Å². The van der Waals surface area contributed by atoms with Crippen molar-refractivity contribution in [1.29, 1.82) is 0 Å². The van der Waals surface area contributed by atoms with E-state index in [0.29, 0.717) is 21.6 Å². The van der Waals surface area contributed by atoms with Gasteiger partial charge in [-0.3, -0.25) is 10.1 Å². The third kappa shape index (κ3) is 2.43. The highest BCUT2D eigenvalue weighted by molar-refractivity contribution is 6.54. The fourth-order valence-corrected chi connectivity index (χ4v) is 2.38. The Hall–Kier alpha value is -1.44. The second kappa shape index (κ2) is 5.04. The van der Waals surface area contributed by atoms with Crippen LogP contribution in [0.3, 0.4) is 0 Å². The number of aromatic nitrogens is 3. The smallest absolute Gasteiger partial charge is 0.398 e. The van der Waals surface area contributed by atoms with Crippen LogP contribution < -0.4 is 0 Å². The number of hydrogen-bond acceptors (Lipinski definition) is 4. The van der Waals surface area contributed by atoms with Crippen molar-refractivity contribution in [2.45, 2.75) is 38.9 Å². The monoisotopic (exact) mass is 323 g/mol. The molecule has 1 saturated heterocycles. The summed E-state index contributed by atoms with van der Waals surface area (Å²) in [6, 6.07) is 0. The van der Waals surface area contributed by atoms with Crippen LogP contribution in [0, 0.1) is 0 Å². The number of nitrogens with zero attached hydrogens (tertiary/aromatic N) is 2. The topological polar surface area (TPSA) is 60.0 Å². The molecule has 0 spiro atoms. The predicted molar refractivity (Wildman–Crippen MR) is 84.1 cm³/mol. The van der Waals surface area contributed by atoms with Gasteiger partial charge in [0.25, 0.3) is 0 Å². The van der Waals surface area contributed by atoms with Crippen LogP contribution in [-0.4, -0.2) is 33.5 Å². The van der Waals surface area contributed by atoms with Crippen LogP contribution in [0.25, 0.3) is 17.0 Å². The maximum Gasteiger partial charge on any atom is 0.525 e. The summed E-state index contributed by atoms with van der Waals surface area (Å²) in [4.78, 5) is 4.05. The maximum absolute atomic E-state index is 14.5. The normalized spacial score (nSPS) is 20.8. The number of halogens is 2. The van der Waals surface area contributed by atoms with Crippen LogP contribution in [0.15, 0.2) is 18.1 Å². The minimum Gasteiger partial charge on any atom is -0.398 e. The maximum atomic E-state index is 14.5. The largest absolute Gasteiger partial charge is 0.525 e. The van der Waals surface area contributed by atoms with Crippen LogP contribution in [0.2, 0.25) is 5.15 Å². The SMILES string of the molecule is CC1(C)OB(C(F)=Cc2cncc3c(Cl)[nH]nc23)OC1(C)C. The van der Waals surface area contributed by atoms with Crippen molar-refractivity contribution in [1.82, 2.24) is 15.2 Å². The van der Waals surface area contributed by atoms with Crippen LogP contribution >= 0.6 is 11.6 Å². The molecule has 0 bridgehead atoms. The van der Waals surface area contributed by atoms with Gasteiger partial charge in [0.2, 0.25) is 0 Å². The number of rotatable bonds is 2. The van der Waals surface area contributed by atoms with E-state index >= 15 is 0 Å². The van der Waals surface area contributed by atoms with Gasteiger partial charge in [-0.05, 0) is 33.8 Å². The average molecular weight is 324 g/mol. The number of pyridine rings is 1. The van der Waals surface area contributed by atoms with E-state index in [1.165, 1.54) is 12.3 Å². The molecule has 22 heavy (non-hydrogen) atoms. The standard InChI is InChI=1S/C14H16BClFN3O2/c1-13(2)14(3,4)22-15(21-13)10(17)5-8-6-18-7-9-11(8)19-20-12(9)16/h5-7H,1-4H3,(H,19,20). The van der Waals surface area contributed by atoms with Gasteiger partial charge < -0.3 is 9.31 Å². The van der Waals surface area contributed by atoms with Gasteiger partial charge in [0, 0.05) is 18.0 Å². The highest BCUT2D eigenvalue weighted by atomic mass is 35.5. The van der Waals surface area contributed by atoms with E-state index in [9.17, 15) is 4.39 Å². The second-order valence-electron chi connectivity index (χ2n) is 6.28. The lowest BCUT2D eigenvalue weighted by molar-refractivity contribution is 0.00578. The highest BCUT2D eigenvalue weighted by Crippen LogP contribution is 2.39. The molecule has 0 saturated carbocycles. The molecule has 1 fully saturated rings. The minimum absolute atomic E-state index is 0.369. The van der Waals surface area contributed by atoms with Crippen molar-refractivity contribution < 1.29 is 13.7 Å². The molecular formula is C14H16BClFN3O2. The molecule has 5 nitrogen and oxygen atoms in total. The Bertz CT molecular complexity index is 744. The first-order valence-electron chi connectivity index (χ1n) is 6.91. The Morgan fingerprint density at radius 3 is 2.55 bits per heavy atom. The molecule has 3 heterocycles. The Balaban J connectivity index is 1.95. The second-order valence-corrected chi connectivity index (χ2v) is 6.66. The summed E-state index contributed by atoms with van der Waals surface area (Å²) < 4.78 is 25.9. The van der Waals surface area contributed by atoms with E-state index in [1.807, 2.05) is 27.7 Å². The molecule has 0 aliphatic carbocycles. The van der Waals surface area contributed by atoms with Crippen LogP contribution in [0.5, 0.6) is 0 Å². The van der Waals surface area contributed by atoms with Crippen molar-refractivity contribution in [3.05, 3.63) is 28.8 Å². The predicted octanol–water partition coefficient (Wildman–Crippen LogP) is 3.55. The molecule has 1 N–H and O–H groups in total. The van der Waals surface area contributed by atoms with E-state index in [4.69, 9.17) is 20.9 Å². The molecular weight excluding hydrogens is 307 g/mol. The number of nitrogens with one attached hydrogen (secondary N) is 1. The van der Waals surface area contributed by atoms with Gasteiger partial charge in [0.15, 0.2) is 0 Å². The third-order valence-corrected chi connectivity index (χ3v) is 4.51. The van der Waals surface area contributed by atoms with Gasteiger partial charge in [-0.1, -0.05) is 11.6 Å². The number of fused-ring (bicyclic) bond motifs is 1. The van der Waals surface area contributed by atoms with Crippen molar-refractivity contribution in [3.8, 4) is 0 Å². The summed E-state index contributed by atoms with van der Waals surface area (Å²) in [5.41, 5.74) is -0.669. The molecule has 1 aliphatic heterocycles. The van der Waals surface area contributed by atoms with Crippen molar-refractivity contribution >= 4 is 35.7 Å². The Kier molecular flexibility index (Phi) is 3.54. The fourth-order valence-electron chi connectivity index (χ4n) is 2.20. The van der Waals surface area contributed by atoms with E-state index in [2.05, 4.69) is 15.2 Å². The van der Waals surface area contributed by atoms with Crippen molar-refractivity contribution in [3.63, 3.8) is 0 Å². The quantitative estimate of drug-likeness (QED) is 0.859. The zero-order valence-electron chi connectivity index (χ0n) is 12.8. The number of H-pyrrole nitrogens is 1. The zero-order valence-corrected chi connectivity index (χ0v) is 13.5. The van der Waals surface area contributed by atoms with Gasteiger partial charge in [0.05, 0.1) is 16.6 Å². The van der Waals surface area contributed by atoms with E-state index in [-0.39, 0.29) is 0 Å². The molecule has 0 aromatic carbocycles. The molecule has 0 amide bonds. The molecule has 8 heteroatoms. The Morgan fingerprint density at radius 1 is 1.27 bits per heavy atom. The van der Waals surface area contributed by atoms with Crippen molar-refractivity contribution in [2.24, 2.45) is 0 Å². The molecule has 1 aliphatic rings. The van der Waals surface area contributed by atoms with Gasteiger partial charge in [-0.2, -0.15) is 5.10 Å². The summed E-state index contributed by atoms with van der Waals surface area (Å²) in [5.74, 6) is 0. The summed E-state index contributed by atoms with van der Waals surface area (Å²) in [5, 5.41) is 7.72. The van der Waals surface area contributed by atoms with Crippen molar-refractivity contribution in [2.75, 3.05) is 0 Å². The molecule has 0 unspecified atom stereocenters. The zero-order chi connectivity index (χ0) is 16.1.